The van der Waals surface area contributed by atoms with Crippen LogP contribution in [0.15, 0.2) is 24.3 Å². The zero-order valence-electron chi connectivity index (χ0n) is 10.4. The van der Waals surface area contributed by atoms with Gasteiger partial charge in [-0.2, -0.15) is 0 Å². The van der Waals surface area contributed by atoms with Crippen LogP contribution in [0.4, 0.5) is 0 Å². The van der Waals surface area contributed by atoms with E-state index in [4.69, 9.17) is 4.74 Å². The third kappa shape index (κ3) is 2.86. The van der Waals surface area contributed by atoms with Gasteiger partial charge in [-0.25, -0.2) is 0 Å². The molecule has 1 aromatic carbocycles. The van der Waals surface area contributed by atoms with Crippen LogP contribution < -0.4 is 5.32 Å². The lowest BCUT2D eigenvalue weighted by Gasteiger charge is -2.28. The van der Waals surface area contributed by atoms with Crippen molar-refractivity contribution < 1.29 is 9.53 Å². The first-order valence-electron chi connectivity index (χ1n) is 6.06. The fraction of sp³-hybridized carbons (Fsp3) is 0.500. The zero-order chi connectivity index (χ0) is 12.3. The number of ether oxygens (including phenoxy) is 1. The summed E-state index contributed by atoms with van der Waals surface area (Å²) < 4.78 is 4.82. The van der Waals surface area contributed by atoms with Gasteiger partial charge >= 0.3 is 5.97 Å². The van der Waals surface area contributed by atoms with Crippen molar-refractivity contribution in [2.24, 2.45) is 5.92 Å². The van der Waals surface area contributed by atoms with E-state index in [1.54, 1.807) is 0 Å². The minimum absolute atomic E-state index is 0.0146. The largest absolute Gasteiger partial charge is 0.469 e. The van der Waals surface area contributed by atoms with Gasteiger partial charge < -0.3 is 10.1 Å². The first kappa shape index (κ1) is 12.1. The molecule has 2 atom stereocenters. The Labute approximate surface area is 102 Å². The van der Waals surface area contributed by atoms with Crippen molar-refractivity contribution in [3.05, 3.63) is 35.4 Å². The van der Waals surface area contributed by atoms with Crippen molar-refractivity contribution in [2.75, 3.05) is 20.2 Å². The van der Waals surface area contributed by atoms with Gasteiger partial charge in [0.05, 0.1) is 13.0 Å². The van der Waals surface area contributed by atoms with Gasteiger partial charge in [0.15, 0.2) is 0 Å². The van der Waals surface area contributed by atoms with Crippen LogP contribution in [0.5, 0.6) is 0 Å². The maximum Gasteiger partial charge on any atom is 0.309 e. The minimum atomic E-state index is -0.102. The highest BCUT2D eigenvalue weighted by Gasteiger charge is 2.28. The molecule has 0 amide bonds. The topological polar surface area (TPSA) is 38.3 Å². The predicted molar refractivity (Wildman–Crippen MR) is 66.9 cm³/mol. The molecule has 3 nitrogen and oxygen atoms in total. The summed E-state index contributed by atoms with van der Waals surface area (Å²) in [4.78, 5) is 11.5. The minimum Gasteiger partial charge on any atom is -0.469 e. The fourth-order valence-electron chi connectivity index (χ4n) is 2.47. The molecule has 0 saturated carbocycles. The van der Waals surface area contributed by atoms with Crippen LogP contribution in [0, 0.1) is 12.8 Å². The number of hydrogen-bond donors (Lipinski definition) is 1. The number of hydrogen-bond acceptors (Lipinski definition) is 3. The molecule has 1 aromatic rings. The molecule has 1 N–H and O–H groups in total. The number of piperidine rings is 1. The number of carbonyl (C=O) groups excluding carboxylic acids is 1. The van der Waals surface area contributed by atoms with Crippen LogP contribution in [0.2, 0.25) is 0 Å². The van der Waals surface area contributed by atoms with Crippen molar-refractivity contribution in [1.82, 2.24) is 5.32 Å². The number of benzene rings is 1. The van der Waals surface area contributed by atoms with Crippen molar-refractivity contribution >= 4 is 5.97 Å². The average Bonchev–Trinajstić information content (AvgIpc) is 2.38. The van der Waals surface area contributed by atoms with Crippen LogP contribution in [-0.2, 0) is 9.53 Å². The molecule has 1 heterocycles. The normalized spacial score (nSPS) is 24.4. The SMILES string of the molecule is COC(=O)[C@H]1CNC[C@@H](c2cccc(C)c2)C1. The van der Waals surface area contributed by atoms with Gasteiger partial charge in [0.25, 0.3) is 0 Å². The highest BCUT2D eigenvalue weighted by molar-refractivity contribution is 5.72. The first-order valence-corrected chi connectivity index (χ1v) is 6.06. The molecule has 92 valence electrons. The summed E-state index contributed by atoms with van der Waals surface area (Å²) in [6, 6.07) is 8.51. The predicted octanol–water partition coefficient (Wildman–Crippen LogP) is 1.86. The lowest BCUT2D eigenvalue weighted by Crippen LogP contribution is -2.39. The summed E-state index contributed by atoms with van der Waals surface area (Å²) >= 11 is 0. The van der Waals surface area contributed by atoms with E-state index >= 15 is 0 Å². The van der Waals surface area contributed by atoms with E-state index in [2.05, 4.69) is 36.5 Å². The van der Waals surface area contributed by atoms with E-state index in [1.807, 2.05) is 0 Å². The van der Waals surface area contributed by atoms with Gasteiger partial charge in [-0.15, -0.1) is 0 Å². The van der Waals surface area contributed by atoms with Crippen molar-refractivity contribution in [3.8, 4) is 0 Å². The van der Waals surface area contributed by atoms with Crippen molar-refractivity contribution in [2.45, 2.75) is 19.3 Å². The summed E-state index contributed by atoms with van der Waals surface area (Å²) in [5, 5.41) is 3.32. The van der Waals surface area contributed by atoms with Crippen LogP contribution in [0.25, 0.3) is 0 Å². The Bertz CT molecular complexity index is 403. The molecule has 0 unspecified atom stereocenters. The smallest absolute Gasteiger partial charge is 0.309 e. The lowest BCUT2D eigenvalue weighted by atomic mass is 9.85. The Balaban J connectivity index is 2.09. The lowest BCUT2D eigenvalue weighted by molar-refractivity contribution is -0.146. The number of esters is 1. The quantitative estimate of drug-likeness (QED) is 0.792. The maximum atomic E-state index is 11.5. The van der Waals surface area contributed by atoms with E-state index in [-0.39, 0.29) is 11.9 Å². The summed E-state index contributed by atoms with van der Waals surface area (Å²) in [6.07, 6.45) is 0.878. The molecule has 1 fully saturated rings. The molecule has 0 aromatic heterocycles. The van der Waals surface area contributed by atoms with Crippen molar-refractivity contribution in [1.29, 1.82) is 0 Å². The van der Waals surface area contributed by atoms with Gasteiger partial charge in [0.2, 0.25) is 0 Å². The Morgan fingerprint density at radius 2 is 2.24 bits per heavy atom. The molecular formula is C14H19NO2. The molecule has 0 aliphatic carbocycles. The van der Waals surface area contributed by atoms with Gasteiger partial charge in [-0.3, -0.25) is 4.79 Å². The summed E-state index contributed by atoms with van der Waals surface area (Å²) in [5.74, 6) is 0.293. The molecule has 2 rings (SSSR count). The molecular weight excluding hydrogens is 214 g/mol. The van der Waals surface area contributed by atoms with Crippen LogP contribution in [-0.4, -0.2) is 26.2 Å². The van der Waals surface area contributed by atoms with Crippen molar-refractivity contribution in [3.63, 3.8) is 0 Å². The number of carbonyl (C=O) groups is 1. The average molecular weight is 233 g/mol. The second-order valence-corrected chi connectivity index (χ2v) is 4.73. The van der Waals surface area contributed by atoms with Gasteiger partial charge in [0.1, 0.15) is 0 Å². The standard InChI is InChI=1S/C14H19NO2/c1-10-4-3-5-11(6-10)12-7-13(9-15-8-12)14(16)17-2/h3-6,12-13,15H,7-9H2,1-2H3/t12-,13+/m0/s1. The Hall–Kier alpha value is -1.35. The molecule has 0 spiro atoms. The van der Waals surface area contributed by atoms with E-state index in [9.17, 15) is 4.79 Å². The highest BCUT2D eigenvalue weighted by Crippen LogP contribution is 2.27. The summed E-state index contributed by atoms with van der Waals surface area (Å²) in [7, 11) is 1.46. The van der Waals surface area contributed by atoms with E-state index in [1.165, 1.54) is 18.2 Å². The molecule has 1 saturated heterocycles. The number of rotatable bonds is 2. The Morgan fingerprint density at radius 3 is 2.94 bits per heavy atom. The molecule has 1 aliphatic heterocycles. The second kappa shape index (κ2) is 5.32. The number of aryl methyl sites for hydroxylation is 1. The van der Waals surface area contributed by atoms with Crippen LogP contribution in [0.3, 0.4) is 0 Å². The number of nitrogens with one attached hydrogen (secondary N) is 1. The first-order chi connectivity index (χ1) is 8.20. The van der Waals surface area contributed by atoms with E-state index in [0.29, 0.717) is 5.92 Å². The molecule has 0 radical (unpaired) electrons. The molecule has 17 heavy (non-hydrogen) atoms. The van der Waals surface area contributed by atoms with E-state index in [0.717, 1.165) is 19.5 Å². The highest BCUT2D eigenvalue weighted by atomic mass is 16.5. The monoisotopic (exact) mass is 233 g/mol. The summed E-state index contributed by atoms with van der Waals surface area (Å²) in [5.41, 5.74) is 2.58. The van der Waals surface area contributed by atoms with E-state index < -0.39 is 0 Å². The molecule has 1 aliphatic rings. The van der Waals surface area contributed by atoms with Gasteiger partial charge in [0, 0.05) is 13.1 Å². The summed E-state index contributed by atoms with van der Waals surface area (Å²) in [6.45, 7) is 3.77. The fourth-order valence-corrected chi connectivity index (χ4v) is 2.47. The molecule has 0 bridgehead atoms. The second-order valence-electron chi connectivity index (χ2n) is 4.73. The Kier molecular flexibility index (Phi) is 3.79. The Morgan fingerprint density at radius 1 is 1.41 bits per heavy atom. The maximum absolute atomic E-state index is 11.5. The van der Waals surface area contributed by atoms with Gasteiger partial charge in [-0.1, -0.05) is 29.8 Å². The third-order valence-electron chi connectivity index (χ3n) is 3.40. The van der Waals surface area contributed by atoms with Crippen LogP contribution >= 0.6 is 0 Å². The number of methoxy groups -OCH3 is 1. The molecule has 3 heteroatoms. The zero-order valence-corrected chi connectivity index (χ0v) is 10.4. The van der Waals surface area contributed by atoms with Gasteiger partial charge in [-0.05, 0) is 24.8 Å². The third-order valence-corrected chi connectivity index (χ3v) is 3.40. The van der Waals surface area contributed by atoms with Crippen LogP contribution in [0.1, 0.15) is 23.5 Å².